The summed E-state index contributed by atoms with van der Waals surface area (Å²) in [5.74, 6) is 4.86. The zero-order valence-electron chi connectivity index (χ0n) is 12.6. The minimum atomic E-state index is -0.0178. The van der Waals surface area contributed by atoms with Crippen LogP contribution in [0.15, 0.2) is 18.2 Å². The molecule has 1 aromatic heterocycles. The van der Waals surface area contributed by atoms with Crippen LogP contribution in [0.3, 0.4) is 0 Å². The number of para-hydroxylation sites is 1. The maximum atomic E-state index is 6.47. The van der Waals surface area contributed by atoms with Gasteiger partial charge in [0.1, 0.15) is 5.82 Å². The Kier molecular flexibility index (Phi) is 2.41. The fourth-order valence-electron chi connectivity index (χ4n) is 5.55. The lowest BCUT2D eigenvalue weighted by atomic mass is 10.0. The van der Waals surface area contributed by atoms with E-state index in [-0.39, 0.29) is 5.38 Å². The minimum absolute atomic E-state index is 0.0178. The van der Waals surface area contributed by atoms with Crippen LogP contribution < -0.4 is 0 Å². The van der Waals surface area contributed by atoms with Gasteiger partial charge in [-0.15, -0.1) is 11.6 Å². The van der Waals surface area contributed by atoms with E-state index in [0.717, 1.165) is 35.0 Å². The summed E-state index contributed by atoms with van der Waals surface area (Å²) < 4.78 is 2.53. The number of aryl methyl sites for hydroxylation is 1. The molecule has 3 aliphatic carbocycles. The van der Waals surface area contributed by atoms with Crippen molar-refractivity contribution in [2.24, 2.45) is 23.7 Å². The zero-order valence-corrected chi connectivity index (χ0v) is 13.3. The van der Waals surface area contributed by atoms with E-state index >= 15 is 0 Å². The van der Waals surface area contributed by atoms with Gasteiger partial charge < -0.3 is 4.57 Å². The number of benzene rings is 1. The lowest BCUT2D eigenvalue weighted by Gasteiger charge is -2.16. The molecule has 2 nitrogen and oxygen atoms in total. The van der Waals surface area contributed by atoms with Crippen molar-refractivity contribution in [1.82, 2.24) is 9.55 Å². The lowest BCUT2D eigenvalue weighted by molar-refractivity contribution is 0.451. The Bertz CT molecular complexity index is 716. The van der Waals surface area contributed by atoms with Crippen LogP contribution in [0.1, 0.15) is 49.0 Å². The van der Waals surface area contributed by atoms with Crippen molar-refractivity contribution in [3.05, 3.63) is 29.6 Å². The molecule has 3 fully saturated rings. The highest BCUT2D eigenvalue weighted by molar-refractivity contribution is 6.20. The molecule has 5 unspecified atom stereocenters. The monoisotopic (exact) mass is 300 g/mol. The SMILES string of the molecule is Cc1cccc2nc(C(C)Cl)n(C3C4C5CCC(C5)C43)c12. The second-order valence-electron chi connectivity index (χ2n) is 7.38. The molecule has 3 saturated carbocycles. The van der Waals surface area contributed by atoms with Crippen LogP contribution in [0.25, 0.3) is 11.0 Å². The number of nitrogens with zero attached hydrogens (tertiary/aromatic N) is 2. The van der Waals surface area contributed by atoms with E-state index in [1.807, 2.05) is 0 Å². The molecule has 0 saturated heterocycles. The van der Waals surface area contributed by atoms with Crippen molar-refractivity contribution in [3.8, 4) is 0 Å². The zero-order chi connectivity index (χ0) is 14.3. The van der Waals surface area contributed by atoms with Crippen LogP contribution in [0.4, 0.5) is 0 Å². The first kappa shape index (κ1) is 12.5. The van der Waals surface area contributed by atoms with Gasteiger partial charge in [0.25, 0.3) is 0 Å². The fourth-order valence-corrected chi connectivity index (χ4v) is 5.70. The van der Waals surface area contributed by atoms with Gasteiger partial charge in [0, 0.05) is 6.04 Å². The normalized spacial score (nSPS) is 38.0. The highest BCUT2D eigenvalue weighted by atomic mass is 35.5. The summed E-state index contributed by atoms with van der Waals surface area (Å²) >= 11 is 6.47. The van der Waals surface area contributed by atoms with Gasteiger partial charge in [0.15, 0.2) is 0 Å². The maximum Gasteiger partial charge on any atom is 0.127 e. The molecule has 0 radical (unpaired) electrons. The van der Waals surface area contributed by atoms with Crippen molar-refractivity contribution in [1.29, 1.82) is 0 Å². The third kappa shape index (κ3) is 1.52. The number of alkyl halides is 1. The van der Waals surface area contributed by atoms with Gasteiger partial charge in [-0.25, -0.2) is 4.98 Å². The molecule has 2 aromatic rings. The van der Waals surface area contributed by atoms with Crippen LogP contribution >= 0.6 is 11.6 Å². The summed E-state index contributed by atoms with van der Waals surface area (Å²) in [5.41, 5.74) is 3.79. The molecule has 3 heteroatoms. The number of imidazole rings is 1. The van der Waals surface area contributed by atoms with Gasteiger partial charge in [-0.05, 0) is 68.4 Å². The molecule has 1 aromatic carbocycles. The third-order valence-corrected chi connectivity index (χ3v) is 6.48. The van der Waals surface area contributed by atoms with E-state index in [4.69, 9.17) is 16.6 Å². The van der Waals surface area contributed by atoms with E-state index in [0.29, 0.717) is 6.04 Å². The second kappa shape index (κ2) is 4.04. The first-order valence-electron chi connectivity index (χ1n) is 8.28. The topological polar surface area (TPSA) is 17.8 Å². The molecule has 0 aliphatic heterocycles. The first-order chi connectivity index (χ1) is 10.2. The van der Waals surface area contributed by atoms with Gasteiger partial charge >= 0.3 is 0 Å². The van der Waals surface area contributed by atoms with Gasteiger partial charge in [-0.3, -0.25) is 0 Å². The van der Waals surface area contributed by atoms with Gasteiger partial charge in [0.05, 0.1) is 16.4 Å². The van der Waals surface area contributed by atoms with Crippen LogP contribution in [0, 0.1) is 30.6 Å². The molecule has 0 amide bonds. The average molecular weight is 301 g/mol. The van der Waals surface area contributed by atoms with Crippen LogP contribution in [0.5, 0.6) is 0 Å². The molecule has 1 heterocycles. The Morgan fingerprint density at radius 3 is 2.62 bits per heavy atom. The Morgan fingerprint density at radius 2 is 1.95 bits per heavy atom. The van der Waals surface area contributed by atoms with E-state index in [1.165, 1.54) is 30.3 Å². The molecule has 3 aliphatic rings. The fraction of sp³-hybridized carbons (Fsp3) is 0.611. The molecular weight excluding hydrogens is 280 g/mol. The molecule has 5 atom stereocenters. The summed E-state index contributed by atoms with van der Waals surface area (Å²) in [6, 6.07) is 7.12. The van der Waals surface area contributed by atoms with E-state index in [2.05, 4.69) is 36.6 Å². The number of hydrogen-bond acceptors (Lipinski definition) is 1. The highest BCUT2D eigenvalue weighted by Gasteiger charge is 2.66. The Hall–Kier alpha value is -1.02. The summed E-state index contributed by atoms with van der Waals surface area (Å²) in [6.07, 6.45) is 4.41. The van der Waals surface area contributed by atoms with Gasteiger partial charge in [-0.1, -0.05) is 12.1 Å². The maximum absolute atomic E-state index is 6.47. The van der Waals surface area contributed by atoms with E-state index in [1.54, 1.807) is 0 Å². The Morgan fingerprint density at radius 1 is 1.24 bits per heavy atom. The molecular formula is C18H21ClN2. The van der Waals surface area contributed by atoms with Crippen molar-refractivity contribution < 1.29 is 0 Å². The number of aromatic nitrogens is 2. The molecule has 0 N–H and O–H groups in total. The molecule has 0 spiro atoms. The predicted molar refractivity (Wildman–Crippen MR) is 85.6 cm³/mol. The van der Waals surface area contributed by atoms with Gasteiger partial charge in [0.2, 0.25) is 0 Å². The highest BCUT2D eigenvalue weighted by Crippen LogP contribution is 2.72. The van der Waals surface area contributed by atoms with E-state index in [9.17, 15) is 0 Å². The summed E-state index contributed by atoms with van der Waals surface area (Å²) in [7, 11) is 0. The quantitative estimate of drug-likeness (QED) is 0.724. The van der Waals surface area contributed by atoms with Gasteiger partial charge in [-0.2, -0.15) is 0 Å². The lowest BCUT2D eigenvalue weighted by Crippen LogP contribution is -2.09. The minimum Gasteiger partial charge on any atom is -0.323 e. The van der Waals surface area contributed by atoms with Crippen LogP contribution in [-0.4, -0.2) is 9.55 Å². The Labute approximate surface area is 130 Å². The summed E-state index contributed by atoms with van der Waals surface area (Å²) in [4.78, 5) is 4.86. The van der Waals surface area contributed by atoms with Crippen LogP contribution in [0.2, 0.25) is 0 Å². The predicted octanol–water partition coefficient (Wildman–Crippen LogP) is 4.86. The largest absolute Gasteiger partial charge is 0.323 e. The first-order valence-corrected chi connectivity index (χ1v) is 8.72. The second-order valence-corrected chi connectivity index (χ2v) is 8.03. The van der Waals surface area contributed by atoms with Crippen LogP contribution in [-0.2, 0) is 0 Å². The summed E-state index contributed by atoms with van der Waals surface area (Å²) in [5, 5.41) is -0.0178. The molecule has 2 bridgehead atoms. The number of halogens is 1. The van der Waals surface area contributed by atoms with Crippen molar-refractivity contribution >= 4 is 22.6 Å². The molecule has 110 valence electrons. The average Bonchev–Trinajstić information content (AvgIpc) is 2.81. The molecule has 21 heavy (non-hydrogen) atoms. The van der Waals surface area contributed by atoms with E-state index < -0.39 is 0 Å². The van der Waals surface area contributed by atoms with Crippen molar-refractivity contribution in [2.75, 3.05) is 0 Å². The smallest absolute Gasteiger partial charge is 0.127 e. The van der Waals surface area contributed by atoms with Crippen molar-refractivity contribution in [3.63, 3.8) is 0 Å². The third-order valence-electron chi connectivity index (χ3n) is 6.29. The molecule has 5 rings (SSSR count). The standard InChI is InChI=1S/C18H21ClN2/c1-9-4-3-5-13-16(9)21(18(20-13)10(2)19)17-14-11-6-7-12(8-11)15(14)17/h3-5,10-12,14-15,17H,6-8H2,1-2H3. The Balaban J connectivity index is 1.70. The summed E-state index contributed by atoms with van der Waals surface area (Å²) in [6.45, 7) is 4.26. The number of rotatable bonds is 2. The number of hydrogen-bond donors (Lipinski definition) is 0. The van der Waals surface area contributed by atoms with Crippen molar-refractivity contribution in [2.45, 2.75) is 44.5 Å². The number of fused-ring (bicyclic) bond motifs is 6.